The predicted molar refractivity (Wildman–Crippen MR) is 117 cm³/mol. The van der Waals surface area contributed by atoms with Crippen molar-refractivity contribution in [2.45, 2.75) is 35.5 Å². The second-order valence-electron chi connectivity index (χ2n) is 6.65. The first-order valence-corrected chi connectivity index (χ1v) is 10.7. The van der Waals surface area contributed by atoms with E-state index in [-0.39, 0.29) is 21.3 Å². The Morgan fingerprint density at radius 2 is 0.862 bits per heavy atom. The van der Waals surface area contributed by atoms with Crippen LogP contribution in [0.4, 0.5) is 0 Å². The molecule has 0 unspecified atom stereocenters. The molecule has 5 heteroatoms. The van der Waals surface area contributed by atoms with Gasteiger partial charge in [0.25, 0.3) is 0 Å². The van der Waals surface area contributed by atoms with Gasteiger partial charge in [0.05, 0.1) is 9.79 Å². The zero-order valence-electron chi connectivity index (χ0n) is 16.4. The van der Waals surface area contributed by atoms with Crippen LogP contribution < -0.4 is 0 Å². The summed E-state index contributed by atoms with van der Waals surface area (Å²) in [4.78, 5) is 0.146. The number of rotatable bonds is 10. The number of benzene rings is 2. The summed E-state index contributed by atoms with van der Waals surface area (Å²) in [5, 5.41) is 20.9. The van der Waals surface area contributed by atoms with E-state index in [2.05, 4.69) is 26.3 Å². The average molecular weight is 411 g/mol. The summed E-state index contributed by atoms with van der Waals surface area (Å²) in [6.45, 7) is 14.7. The molecule has 2 aromatic carbocycles. The highest BCUT2D eigenvalue weighted by atomic mass is 32.2. The summed E-state index contributed by atoms with van der Waals surface area (Å²) in [5.74, 6) is 0.100. The maximum absolute atomic E-state index is 13.4. The van der Waals surface area contributed by atoms with E-state index in [1.54, 1.807) is 24.3 Å². The first-order valence-electron chi connectivity index (χ1n) is 9.18. The third kappa shape index (κ3) is 4.69. The van der Waals surface area contributed by atoms with Crippen molar-refractivity contribution in [3.63, 3.8) is 0 Å². The monoisotopic (exact) mass is 410 g/mol. The van der Waals surface area contributed by atoms with Crippen molar-refractivity contribution in [1.82, 2.24) is 0 Å². The van der Waals surface area contributed by atoms with Gasteiger partial charge in [-0.3, -0.25) is 0 Å². The largest absolute Gasteiger partial charge is 0.507 e. The van der Waals surface area contributed by atoms with E-state index in [4.69, 9.17) is 0 Å². The molecule has 0 amide bonds. The molecule has 152 valence electrons. The molecule has 2 N–H and O–H groups in total. The standard InChI is InChI=1S/C24H26O4S/c1-5-9-17-13-21(14-18(10-6-2)23(17)25)29(27,28)22-15-19(11-7-3)24(26)20(16-22)12-8-4/h5-8,13-16,25-26H,1-4,9-12H2. The van der Waals surface area contributed by atoms with Crippen molar-refractivity contribution in [2.24, 2.45) is 0 Å². The molecule has 0 saturated carbocycles. The molecule has 0 bridgehead atoms. The molecule has 29 heavy (non-hydrogen) atoms. The molecular weight excluding hydrogens is 384 g/mol. The Morgan fingerprint density at radius 1 is 0.621 bits per heavy atom. The van der Waals surface area contributed by atoms with Crippen molar-refractivity contribution >= 4 is 9.84 Å². The SMILES string of the molecule is C=CCc1cc(S(=O)(=O)c2cc(CC=C)c(O)c(CC=C)c2)cc(CC=C)c1O. The van der Waals surface area contributed by atoms with Gasteiger partial charge in [-0.15, -0.1) is 26.3 Å². The molecule has 0 aromatic heterocycles. The van der Waals surface area contributed by atoms with Crippen LogP contribution in [0.1, 0.15) is 22.3 Å². The summed E-state index contributed by atoms with van der Waals surface area (Å²) in [6, 6.07) is 5.86. The summed E-state index contributed by atoms with van der Waals surface area (Å²) < 4.78 is 26.8. The Hall–Kier alpha value is -3.05. The zero-order chi connectivity index (χ0) is 21.6. The van der Waals surface area contributed by atoms with Crippen LogP contribution in [-0.2, 0) is 35.5 Å². The summed E-state index contributed by atoms with van der Waals surface area (Å²) >= 11 is 0. The van der Waals surface area contributed by atoms with Crippen LogP contribution >= 0.6 is 0 Å². The van der Waals surface area contributed by atoms with Gasteiger partial charge in [-0.05, 0) is 72.2 Å². The van der Waals surface area contributed by atoms with Crippen LogP contribution in [0.15, 0.2) is 84.7 Å². The third-order valence-corrected chi connectivity index (χ3v) is 6.27. The Kier molecular flexibility index (Phi) is 7.23. The summed E-state index contributed by atoms with van der Waals surface area (Å²) in [7, 11) is -3.90. The predicted octanol–water partition coefficient (Wildman–Crippen LogP) is 4.84. The molecule has 0 spiro atoms. The molecule has 0 radical (unpaired) electrons. The van der Waals surface area contributed by atoms with Gasteiger partial charge in [0.2, 0.25) is 9.84 Å². The second kappa shape index (κ2) is 9.43. The molecule has 0 aliphatic carbocycles. The fourth-order valence-corrected chi connectivity index (χ4v) is 4.61. The van der Waals surface area contributed by atoms with Gasteiger partial charge in [-0.1, -0.05) is 24.3 Å². The minimum Gasteiger partial charge on any atom is -0.507 e. The van der Waals surface area contributed by atoms with Gasteiger partial charge in [-0.25, -0.2) is 8.42 Å². The number of phenols is 2. The van der Waals surface area contributed by atoms with Gasteiger partial charge in [0, 0.05) is 0 Å². The van der Waals surface area contributed by atoms with Crippen molar-refractivity contribution in [2.75, 3.05) is 0 Å². The Morgan fingerprint density at radius 3 is 1.07 bits per heavy atom. The fraction of sp³-hybridized carbons (Fsp3) is 0.167. The van der Waals surface area contributed by atoms with Crippen LogP contribution in [0, 0.1) is 0 Å². The lowest BCUT2D eigenvalue weighted by Gasteiger charge is -2.15. The highest BCUT2D eigenvalue weighted by Gasteiger charge is 2.23. The molecule has 4 nitrogen and oxygen atoms in total. The van der Waals surface area contributed by atoms with E-state index < -0.39 is 9.84 Å². The quantitative estimate of drug-likeness (QED) is 0.550. The minimum absolute atomic E-state index is 0.0501. The van der Waals surface area contributed by atoms with Crippen molar-refractivity contribution in [3.8, 4) is 11.5 Å². The van der Waals surface area contributed by atoms with Crippen LogP contribution in [0.25, 0.3) is 0 Å². The van der Waals surface area contributed by atoms with Crippen LogP contribution in [0.3, 0.4) is 0 Å². The van der Waals surface area contributed by atoms with Gasteiger partial charge < -0.3 is 10.2 Å². The first kappa shape index (κ1) is 22.2. The Labute approximate surface area is 172 Å². The molecule has 2 rings (SSSR count). The molecule has 2 aromatic rings. The maximum atomic E-state index is 13.4. The lowest BCUT2D eigenvalue weighted by molar-refractivity contribution is 0.463. The number of allylic oxidation sites excluding steroid dienone is 4. The lowest BCUT2D eigenvalue weighted by atomic mass is 10.0. The van der Waals surface area contributed by atoms with Gasteiger partial charge >= 0.3 is 0 Å². The normalized spacial score (nSPS) is 11.0. The highest BCUT2D eigenvalue weighted by Crippen LogP contribution is 2.34. The van der Waals surface area contributed by atoms with Gasteiger partial charge in [0.15, 0.2) is 0 Å². The first-order chi connectivity index (χ1) is 13.8. The van der Waals surface area contributed by atoms with Crippen molar-refractivity contribution in [1.29, 1.82) is 0 Å². The number of hydrogen-bond donors (Lipinski definition) is 2. The van der Waals surface area contributed by atoms with Crippen LogP contribution in [0.5, 0.6) is 11.5 Å². The average Bonchev–Trinajstić information content (AvgIpc) is 2.68. The maximum Gasteiger partial charge on any atom is 0.206 e. The lowest BCUT2D eigenvalue weighted by Crippen LogP contribution is -2.06. The van der Waals surface area contributed by atoms with Crippen molar-refractivity contribution < 1.29 is 18.6 Å². The zero-order valence-corrected chi connectivity index (χ0v) is 17.2. The number of aromatic hydroxyl groups is 2. The number of sulfone groups is 1. The second-order valence-corrected chi connectivity index (χ2v) is 8.60. The molecule has 0 aliphatic rings. The van der Waals surface area contributed by atoms with E-state index in [1.807, 2.05) is 0 Å². The van der Waals surface area contributed by atoms with E-state index in [1.165, 1.54) is 24.3 Å². The smallest absolute Gasteiger partial charge is 0.206 e. The fourth-order valence-electron chi connectivity index (χ4n) is 3.15. The minimum atomic E-state index is -3.90. The Balaban J connectivity index is 2.74. The molecule has 0 heterocycles. The van der Waals surface area contributed by atoms with Crippen molar-refractivity contribution in [3.05, 3.63) is 97.1 Å². The number of hydrogen-bond acceptors (Lipinski definition) is 4. The Bertz CT molecular complexity index is 921. The molecule has 0 saturated heterocycles. The van der Waals surface area contributed by atoms with Crippen LogP contribution in [-0.4, -0.2) is 18.6 Å². The van der Waals surface area contributed by atoms with E-state index in [0.717, 1.165) is 0 Å². The van der Waals surface area contributed by atoms with E-state index in [9.17, 15) is 18.6 Å². The van der Waals surface area contributed by atoms with Gasteiger partial charge in [0.1, 0.15) is 11.5 Å². The topological polar surface area (TPSA) is 74.6 Å². The third-order valence-electron chi connectivity index (χ3n) is 4.56. The molecule has 0 fully saturated rings. The van der Waals surface area contributed by atoms with Gasteiger partial charge in [-0.2, -0.15) is 0 Å². The summed E-state index contributed by atoms with van der Waals surface area (Å²) in [6.07, 6.45) is 7.75. The van der Waals surface area contributed by atoms with Crippen LogP contribution in [0.2, 0.25) is 0 Å². The number of phenolic OH excluding ortho intramolecular Hbond substituents is 2. The molecule has 0 aliphatic heterocycles. The molecular formula is C24H26O4S. The van der Waals surface area contributed by atoms with E-state index in [0.29, 0.717) is 47.9 Å². The highest BCUT2D eigenvalue weighted by molar-refractivity contribution is 7.91. The molecule has 0 atom stereocenters. The summed E-state index contributed by atoms with van der Waals surface area (Å²) in [5.41, 5.74) is 1.92. The van der Waals surface area contributed by atoms with E-state index >= 15 is 0 Å².